The maximum atomic E-state index is 6.38. The Bertz CT molecular complexity index is 3020. The van der Waals surface area contributed by atoms with Crippen molar-refractivity contribution in [3.05, 3.63) is 193 Å². The molecule has 0 radical (unpaired) electrons. The summed E-state index contributed by atoms with van der Waals surface area (Å²) in [6.07, 6.45) is 13.2. The molecule has 0 amide bonds. The number of rotatable bonds is 6. The summed E-state index contributed by atoms with van der Waals surface area (Å²) in [6.45, 7) is 0.0883. The molecule has 8 aromatic rings. The van der Waals surface area contributed by atoms with E-state index in [4.69, 9.17) is 4.74 Å². The molecule has 2 fully saturated rings. The highest BCUT2D eigenvalue weighted by Crippen LogP contribution is 2.51. The molecule has 0 aromatic heterocycles. The van der Waals surface area contributed by atoms with E-state index in [0.29, 0.717) is 11.8 Å². The lowest BCUT2D eigenvalue weighted by Crippen LogP contribution is -2.61. The minimum absolute atomic E-state index is 0.0883. The zero-order chi connectivity index (χ0) is 42.8. The number of hydrogen-bond donors (Lipinski definition) is 0. The maximum absolute atomic E-state index is 6.38. The molecule has 3 aliphatic heterocycles. The van der Waals surface area contributed by atoms with Gasteiger partial charge in [-0.3, -0.25) is 0 Å². The van der Waals surface area contributed by atoms with Crippen LogP contribution < -0.4 is 35.8 Å². The zero-order valence-electron chi connectivity index (χ0n) is 36.9. The Labute approximate surface area is 383 Å². The van der Waals surface area contributed by atoms with Crippen LogP contribution in [0.15, 0.2) is 182 Å². The molecule has 2 aliphatic carbocycles. The monoisotopic (exact) mass is 841 g/mol. The Kier molecular flexibility index (Phi) is 9.43. The fourth-order valence-electron chi connectivity index (χ4n) is 12.1. The Hall–Kier alpha value is -6.98. The number of para-hydroxylation sites is 6. The standard InChI is InChI=1S/C60H52BN3O/c1-4-16-41(17-5-1)43-28-33-48(34-29-43)63-53-37-32-45(42-18-6-2-7-19-42)38-51(53)61-50-22-10-11-23-52(50)62(47-20-8-3-9-21-47)56-39-46(40-57(63)60(56)61)44-30-35-49(36-31-44)64-54-24-12-14-26-58(54)65-59-27-15-13-25-55(59)64/h3,8-15,20-42H,1-2,4-7,16-19H2. The molecule has 0 saturated heterocycles. The number of anilines is 9. The fraction of sp³-hybridized carbons (Fsp3) is 0.200. The van der Waals surface area contributed by atoms with Crippen LogP contribution in [-0.2, 0) is 0 Å². The first-order valence-electron chi connectivity index (χ1n) is 24.2. The molecular weight excluding hydrogens is 789 g/mol. The Balaban J connectivity index is 1.02. The van der Waals surface area contributed by atoms with Gasteiger partial charge in [0, 0.05) is 39.8 Å². The molecule has 316 valence electrons. The summed E-state index contributed by atoms with van der Waals surface area (Å²) in [7, 11) is 0. The van der Waals surface area contributed by atoms with Crippen molar-refractivity contribution in [3.8, 4) is 22.6 Å². The van der Waals surface area contributed by atoms with Gasteiger partial charge in [0.25, 0.3) is 6.71 Å². The summed E-state index contributed by atoms with van der Waals surface area (Å²) in [5.74, 6) is 2.99. The first-order chi connectivity index (χ1) is 32.2. The molecule has 4 nitrogen and oxygen atoms in total. The van der Waals surface area contributed by atoms with Gasteiger partial charge in [-0.25, -0.2) is 0 Å². The van der Waals surface area contributed by atoms with Crippen LogP contribution in [0.3, 0.4) is 0 Å². The van der Waals surface area contributed by atoms with E-state index < -0.39 is 0 Å². The summed E-state index contributed by atoms with van der Waals surface area (Å²) in [5.41, 5.74) is 20.1. The smallest absolute Gasteiger partial charge is 0.252 e. The van der Waals surface area contributed by atoms with Crippen molar-refractivity contribution < 1.29 is 4.74 Å². The van der Waals surface area contributed by atoms with E-state index in [9.17, 15) is 0 Å². The van der Waals surface area contributed by atoms with E-state index in [-0.39, 0.29) is 6.71 Å². The molecule has 2 saturated carbocycles. The molecule has 8 aromatic carbocycles. The van der Waals surface area contributed by atoms with Gasteiger partial charge in [0.2, 0.25) is 0 Å². The van der Waals surface area contributed by atoms with Crippen molar-refractivity contribution in [2.75, 3.05) is 14.7 Å². The molecule has 13 rings (SSSR count). The molecule has 3 heterocycles. The van der Waals surface area contributed by atoms with E-state index in [1.54, 1.807) is 0 Å². The summed E-state index contributed by atoms with van der Waals surface area (Å²) in [4.78, 5) is 7.46. The number of benzene rings is 8. The van der Waals surface area contributed by atoms with E-state index >= 15 is 0 Å². The first kappa shape index (κ1) is 38.5. The molecular formula is C60H52BN3O. The predicted molar refractivity (Wildman–Crippen MR) is 272 cm³/mol. The summed E-state index contributed by atoms with van der Waals surface area (Å²) in [6, 6.07) is 68.3. The average molecular weight is 842 g/mol. The van der Waals surface area contributed by atoms with Gasteiger partial charge in [0.15, 0.2) is 11.5 Å². The zero-order valence-corrected chi connectivity index (χ0v) is 36.9. The Morgan fingerprint density at radius 3 is 1.46 bits per heavy atom. The van der Waals surface area contributed by atoms with Crippen molar-refractivity contribution in [1.82, 2.24) is 0 Å². The lowest BCUT2D eigenvalue weighted by molar-refractivity contribution is 0.443. The van der Waals surface area contributed by atoms with Crippen LogP contribution in [0.1, 0.15) is 87.2 Å². The summed E-state index contributed by atoms with van der Waals surface area (Å²) in [5, 5.41) is 0. The van der Waals surface area contributed by atoms with E-state index in [1.165, 1.54) is 137 Å². The number of hydrogen-bond acceptors (Lipinski definition) is 4. The fourth-order valence-corrected chi connectivity index (χ4v) is 12.1. The Morgan fingerprint density at radius 2 is 0.831 bits per heavy atom. The van der Waals surface area contributed by atoms with Crippen molar-refractivity contribution in [2.45, 2.75) is 76.0 Å². The third kappa shape index (κ3) is 6.50. The number of nitrogens with zero attached hydrogens (tertiary/aromatic N) is 3. The number of fused-ring (bicyclic) bond motifs is 6. The van der Waals surface area contributed by atoms with Crippen LogP contribution >= 0.6 is 0 Å². The highest BCUT2D eigenvalue weighted by molar-refractivity contribution is 7.00. The second-order valence-electron chi connectivity index (χ2n) is 18.9. The SMILES string of the molecule is c1ccc(N2c3ccccc3B3c4cc(C5CCCCC5)ccc4N(c4ccc(C5CCCCC5)cc4)c4cc(-c5ccc(N6c7ccccc7Oc7ccccc76)cc5)cc2c43)cc1. The third-order valence-corrected chi connectivity index (χ3v) is 15.2. The largest absolute Gasteiger partial charge is 0.453 e. The topological polar surface area (TPSA) is 19.0 Å². The first-order valence-corrected chi connectivity index (χ1v) is 24.2. The Morgan fingerprint density at radius 1 is 0.354 bits per heavy atom. The van der Waals surface area contributed by atoms with Gasteiger partial charge in [-0.1, -0.05) is 136 Å². The minimum atomic E-state index is 0.0883. The summed E-state index contributed by atoms with van der Waals surface area (Å²) >= 11 is 0. The van der Waals surface area contributed by atoms with Crippen LogP contribution in [0, 0.1) is 0 Å². The molecule has 5 heteroatoms. The lowest BCUT2D eigenvalue weighted by atomic mass is 9.33. The maximum Gasteiger partial charge on any atom is 0.252 e. The third-order valence-electron chi connectivity index (χ3n) is 15.2. The van der Waals surface area contributed by atoms with Gasteiger partial charge in [-0.2, -0.15) is 0 Å². The quantitative estimate of drug-likeness (QED) is 0.155. The van der Waals surface area contributed by atoms with Gasteiger partial charge in [0.1, 0.15) is 0 Å². The second-order valence-corrected chi connectivity index (χ2v) is 18.9. The van der Waals surface area contributed by atoms with Gasteiger partial charge < -0.3 is 19.4 Å². The van der Waals surface area contributed by atoms with Crippen molar-refractivity contribution in [3.63, 3.8) is 0 Å². The molecule has 0 N–H and O–H groups in total. The average Bonchev–Trinajstić information content (AvgIpc) is 3.38. The van der Waals surface area contributed by atoms with Crippen molar-refractivity contribution in [1.29, 1.82) is 0 Å². The van der Waals surface area contributed by atoms with E-state index in [0.717, 1.165) is 28.6 Å². The van der Waals surface area contributed by atoms with Crippen LogP contribution in [0.25, 0.3) is 11.1 Å². The van der Waals surface area contributed by atoms with E-state index in [1.807, 2.05) is 12.1 Å². The molecule has 0 bridgehead atoms. The highest BCUT2D eigenvalue weighted by Gasteiger charge is 2.44. The number of ether oxygens (including phenoxy) is 1. The second kappa shape index (κ2) is 15.9. The highest BCUT2D eigenvalue weighted by atomic mass is 16.5. The lowest BCUT2D eigenvalue weighted by Gasteiger charge is -2.44. The van der Waals surface area contributed by atoms with Crippen LogP contribution in [0.2, 0.25) is 0 Å². The van der Waals surface area contributed by atoms with Crippen LogP contribution in [0.5, 0.6) is 11.5 Å². The molecule has 5 aliphatic rings. The summed E-state index contributed by atoms with van der Waals surface area (Å²) < 4.78 is 6.38. The molecule has 65 heavy (non-hydrogen) atoms. The predicted octanol–water partition coefficient (Wildman–Crippen LogP) is 15.1. The van der Waals surface area contributed by atoms with Gasteiger partial charge in [0.05, 0.1) is 11.4 Å². The molecule has 0 atom stereocenters. The van der Waals surface area contributed by atoms with Crippen molar-refractivity contribution >= 4 is 74.3 Å². The molecule has 0 unspecified atom stereocenters. The van der Waals surface area contributed by atoms with Gasteiger partial charge >= 0.3 is 0 Å². The van der Waals surface area contributed by atoms with Crippen LogP contribution in [0.4, 0.5) is 51.2 Å². The van der Waals surface area contributed by atoms with Crippen molar-refractivity contribution in [2.24, 2.45) is 0 Å². The molecule has 0 spiro atoms. The van der Waals surface area contributed by atoms with Crippen LogP contribution in [-0.4, -0.2) is 6.71 Å². The minimum Gasteiger partial charge on any atom is -0.453 e. The van der Waals surface area contributed by atoms with Gasteiger partial charge in [-0.15, -0.1) is 0 Å². The normalized spacial score (nSPS) is 16.5. The van der Waals surface area contributed by atoms with Gasteiger partial charge in [-0.05, 0) is 161 Å². The van der Waals surface area contributed by atoms with E-state index in [2.05, 4.69) is 185 Å².